The lowest BCUT2D eigenvalue weighted by atomic mass is 10.1. The van der Waals surface area contributed by atoms with Gasteiger partial charge in [-0.15, -0.1) is 10.2 Å². The Bertz CT molecular complexity index is 687. The number of hydrogen-bond acceptors (Lipinski definition) is 5. The summed E-state index contributed by atoms with van der Waals surface area (Å²) in [6, 6.07) is 10.1. The van der Waals surface area contributed by atoms with E-state index in [2.05, 4.69) is 34.6 Å². The van der Waals surface area contributed by atoms with Crippen LogP contribution in [-0.2, 0) is 6.42 Å². The summed E-state index contributed by atoms with van der Waals surface area (Å²) >= 11 is 1.65. The van der Waals surface area contributed by atoms with E-state index in [1.54, 1.807) is 11.3 Å². The number of allylic oxidation sites excluding steroid dienone is 1. The molecular weight excluding hydrogens is 390 g/mol. The molecule has 0 bridgehead atoms. The number of anilines is 2. The number of hydrogen-bond donors (Lipinski definition) is 2. The maximum absolute atomic E-state index is 9.95. The first kappa shape index (κ1) is 24.5. The van der Waals surface area contributed by atoms with Crippen molar-refractivity contribution in [1.82, 2.24) is 10.2 Å². The average Bonchev–Trinajstić information content (AvgIpc) is 3.20. The predicted octanol–water partition coefficient (Wildman–Crippen LogP) is 7.44. The fourth-order valence-corrected chi connectivity index (χ4v) is 4.22. The largest absolute Gasteiger partial charge is 0.393 e. The van der Waals surface area contributed by atoms with Crippen LogP contribution >= 0.6 is 11.3 Å². The molecule has 0 aliphatic rings. The molecule has 4 nitrogen and oxygen atoms in total. The molecule has 0 aliphatic heterocycles. The van der Waals surface area contributed by atoms with Crippen LogP contribution in [0.15, 0.2) is 42.5 Å². The van der Waals surface area contributed by atoms with E-state index in [0.717, 1.165) is 47.9 Å². The highest BCUT2D eigenvalue weighted by Gasteiger charge is 2.04. The van der Waals surface area contributed by atoms with E-state index in [1.807, 2.05) is 30.3 Å². The number of para-hydroxylation sites is 1. The highest BCUT2D eigenvalue weighted by Crippen LogP contribution is 2.22. The van der Waals surface area contributed by atoms with Crippen molar-refractivity contribution in [3.63, 3.8) is 0 Å². The summed E-state index contributed by atoms with van der Waals surface area (Å²) in [6.07, 6.45) is 19.4. The van der Waals surface area contributed by atoms with E-state index in [9.17, 15) is 5.11 Å². The van der Waals surface area contributed by atoms with Crippen LogP contribution in [0.1, 0.15) is 89.0 Å². The molecule has 1 unspecified atom stereocenters. The smallest absolute Gasteiger partial charge is 0.210 e. The quantitative estimate of drug-likeness (QED) is 0.203. The zero-order valence-electron chi connectivity index (χ0n) is 18.6. The fraction of sp³-hybridized carbons (Fsp3) is 0.600. The molecule has 0 fully saturated rings. The van der Waals surface area contributed by atoms with Crippen molar-refractivity contribution in [2.75, 3.05) is 5.32 Å². The number of nitrogens with one attached hydrogen (secondary N) is 1. The van der Waals surface area contributed by atoms with E-state index >= 15 is 0 Å². The molecule has 0 spiro atoms. The summed E-state index contributed by atoms with van der Waals surface area (Å²) < 4.78 is 0. The van der Waals surface area contributed by atoms with Crippen LogP contribution in [0.2, 0.25) is 0 Å². The highest BCUT2D eigenvalue weighted by molar-refractivity contribution is 7.15. The Morgan fingerprint density at radius 1 is 0.933 bits per heavy atom. The zero-order valence-corrected chi connectivity index (χ0v) is 19.4. The molecule has 1 aromatic heterocycles. The molecule has 0 saturated carbocycles. The normalized spacial score (nSPS) is 12.5. The Hall–Kier alpha value is -1.72. The summed E-state index contributed by atoms with van der Waals surface area (Å²) in [5, 5.41) is 23.8. The molecule has 0 saturated heterocycles. The van der Waals surface area contributed by atoms with Crippen molar-refractivity contribution >= 4 is 22.2 Å². The van der Waals surface area contributed by atoms with Gasteiger partial charge in [0.2, 0.25) is 5.13 Å². The van der Waals surface area contributed by atoms with Crippen LogP contribution in [0.4, 0.5) is 10.8 Å². The van der Waals surface area contributed by atoms with Crippen LogP contribution in [0.3, 0.4) is 0 Å². The minimum absolute atomic E-state index is 0.151. The van der Waals surface area contributed by atoms with Gasteiger partial charge in [-0.1, -0.05) is 93.6 Å². The van der Waals surface area contributed by atoms with Crippen molar-refractivity contribution in [2.45, 2.75) is 96.5 Å². The van der Waals surface area contributed by atoms with Gasteiger partial charge in [0.15, 0.2) is 0 Å². The lowest BCUT2D eigenvalue weighted by molar-refractivity contribution is 0.163. The van der Waals surface area contributed by atoms with Gasteiger partial charge in [0.05, 0.1) is 6.10 Å². The molecule has 1 atom stereocenters. The maximum atomic E-state index is 9.95. The second kappa shape index (κ2) is 16.0. The molecule has 2 aromatic rings. The van der Waals surface area contributed by atoms with Crippen molar-refractivity contribution in [3.05, 3.63) is 47.5 Å². The Morgan fingerprint density at radius 3 is 2.53 bits per heavy atom. The Labute approximate surface area is 186 Å². The minimum Gasteiger partial charge on any atom is -0.393 e. The number of aliphatic hydroxyl groups excluding tert-OH is 1. The third-order valence-corrected chi connectivity index (χ3v) is 6.12. The summed E-state index contributed by atoms with van der Waals surface area (Å²) in [4.78, 5) is 0. The molecule has 5 heteroatoms. The molecule has 0 radical (unpaired) electrons. The van der Waals surface area contributed by atoms with Crippen molar-refractivity contribution in [3.8, 4) is 0 Å². The molecule has 0 aliphatic carbocycles. The number of nitrogens with zero attached hydrogens (tertiary/aromatic N) is 2. The first-order chi connectivity index (χ1) is 14.8. The van der Waals surface area contributed by atoms with E-state index in [1.165, 1.54) is 51.4 Å². The summed E-state index contributed by atoms with van der Waals surface area (Å²) in [5.74, 6) is 0. The Balaban J connectivity index is 1.43. The van der Waals surface area contributed by atoms with Crippen molar-refractivity contribution < 1.29 is 5.11 Å². The minimum atomic E-state index is -0.151. The van der Waals surface area contributed by atoms with Crippen LogP contribution < -0.4 is 5.32 Å². The summed E-state index contributed by atoms with van der Waals surface area (Å²) in [6.45, 7) is 2.22. The second-order valence-corrected chi connectivity index (χ2v) is 9.07. The van der Waals surface area contributed by atoms with Gasteiger partial charge in [0.1, 0.15) is 5.01 Å². The highest BCUT2D eigenvalue weighted by atomic mass is 32.1. The molecular formula is C25H39N3OS. The Kier molecular flexibility index (Phi) is 13.1. The molecule has 1 aromatic carbocycles. The van der Waals surface area contributed by atoms with E-state index in [4.69, 9.17) is 0 Å². The van der Waals surface area contributed by atoms with Gasteiger partial charge < -0.3 is 10.4 Å². The number of aryl methyl sites for hydroxylation is 1. The number of aromatic nitrogens is 2. The van der Waals surface area contributed by atoms with Crippen molar-refractivity contribution in [2.24, 2.45) is 0 Å². The number of benzene rings is 1. The van der Waals surface area contributed by atoms with E-state index in [-0.39, 0.29) is 6.10 Å². The fourth-order valence-electron chi connectivity index (χ4n) is 3.41. The maximum Gasteiger partial charge on any atom is 0.210 e. The van der Waals surface area contributed by atoms with Crippen molar-refractivity contribution in [1.29, 1.82) is 0 Å². The SMILES string of the molecule is CCCCCCC(O)C/C=C/CCCCCCCc1nnc(Nc2ccccc2)s1. The predicted molar refractivity (Wildman–Crippen MR) is 130 cm³/mol. The summed E-state index contributed by atoms with van der Waals surface area (Å²) in [7, 11) is 0. The van der Waals surface area contributed by atoms with Crippen LogP contribution in [0.25, 0.3) is 0 Å². The Morgan fingerprint density at radius 2 is 1.70 bits per heavy atom. The molecule has 0 amide bonds. The number of rotatable bonds is 17. The van der Waals surface area contributed by atoms with Gasteiger partial charge in [0, 0.05) is 12.1 Å². The molecule has 30 heavy (non-hydrogen) atoms. The molecule has 2 N–H and O–H groups in total. The van der Waals surface area contributed by atoms with Gasteiger partial charge in [-0.25, -0.2) is 0 Å². The van der Waals surface area contributed by atoms with Crippen LogP contribution in [-0.4, -0.2) is 21.4 Å². The van der Waals surface area contributed by atoms with E-state index in [0.29, 0.717) is 0 Å². The second-order valence-electron chi connectivity index (χ2n) is 8.01. The number of unbranched alkanes of at least 4 members (excludes halogenated alkanes) is 8. The monoisotopic (exact) mass is 429 g/mol. The van der Waals surface area contributed by atoms with Crippen LogP contribution in [0, 0.1) is 0 Å². The topological polar surface area (TPSA) is 58.0 Å². The first-order valence-electron chi connectivity index (χ1n) is 11.8. The van der Waals surface area contributed by atoms with Crippen LogP contribution in [0.5, 0.6) is 0 Å². The molecule has 166 valence electrons. The lowest BCUT2D eigenvalue weighted by Gasteiger charge is -2.07. The number of aliphatic hydroxyl groups is 1. The standard InChI is InChI=1S/C25H39N3OS/c1-2-3-4-14-19-23(29)20-15-9-7-5-6-8-10-16-21-24-27-28-25(30-24)26-22-17-12-11-13-18-22/h9,11-13,15,17-18,23,29H,2-8,10,14,16,19-21H2,1H3,(H,26,28)/b15-9+. The molecule has 1 heterocycles. The van der Waals surface area contributed by atoms with Gasteiger partial charge in [-0.2, -0.15) is 0 Å². The lowest BCUT2D eigenvalue weighted by Crippen LogP contribution is -2.04. The van der Waals surface area contributed by atoms with E-state index < -0.39 is 0 Å². The zero-order chi connectivity index (χ0) is 21.3. The average molecular weight is 430 g/mol. The van der Waals surface area contributed by atoms with Gasteiger partial charge >= 0.3 is 0 Å². The van der Waals surface area contributed by atoms with Gasteiger partial charge in [0.25, 0.3) is 0 Å². The van der Waals surface area contributed by atoms with Gasteiger partial charge in [-0.05, 0) is 44.2 Å². The first-order valence-corrected chi connectivity index (χ1v) is 12.6. The third-order valence-electron chi connectivity index (χ3n) is 5.22. The third kappa shape index (κ3) is 11.5. The molecule has 2 rings (SSSR count). The summed E-state index contributed by atoms with van der Waals surface area (Å²) in [5.41, 5.74) is 1.05. The van der Waals surface area contributed by atoms with Gasteiger partial charge in [-0.3, -0.25) is 0 Å².